The van der Waals surface area contributed by atoms with Crippen LogP contribution >= 0.6 is 0 Å². The van der Waals surface area contributed by atoms with Crippen molar-refractivity contribution < 1.29 is 18.3 Å². The number of carbonyl (C=O) groups excluding carboxylic acids is 1. The smallest absolute Gasteiger partial charge is 0.230 e. The molecule has 0 N–H and O–H groups in total. The molecule has 0 fully saturated rings. The summed E-state index contributed by atoms with van der Waals surface area (Å²) in [5, 5.41) is 0. The van der Waals surface area contributed by atoms with Gasteiger partial charge in [-0.15, -0.1) is 0 Å². The average Bonchev–Trinajstić information content (AvgIpc) is 2.74. The number of ether oxygens (including phenoxy) is 1. The van der Waals surface area contributed by atoms with E-state index in [1.54, 1.807) is 6.08 Å². The van der Waals surface area contributed by atoms with Crippen molar-refractivity contribution in [3.63, 3.8) is 0 Å². The fourth-order valence-electron chi connectivity index (χ4n) is 1.39. The number of ketones is 1. The van der Waals surface area contributed by atoms with Crippen molar-refractivity contribution >= 4 is 5.78 Å². The Balaban J connectivity index is 2.37. The molecule has 1 aliphatic heterocycles. The number of rotatable bonds is 2. The first kappa shape index (κ1) is 9.83. The topological polar surface area (TPSA) is 26.3 Å². The van der Waals surface area contributed by atoms with E-state index in [0.29, 0.717) is 13.0 Å². The predicted molar refractivity (Wildman–Crippen MR) is 49.3 cm³/mol. The van der Waals surface area contributed by atoms with E-state index < -0.39 is 17.4 Å². The highest BCUT2D eigenvalue weighted by Gasteiger charge is 2.21. The zero-order valence-corrected chi connectivity index (χ0v) is 7.80. The molecule has 0 bridgehead atoms. The number of halogens is 2. The van der Waals surface area contributed by atoms with Crippen molar-refractivity contribution in [2.75, 3.05) is 6.61 Å². The molecule has 0 spiro atoms. The zero-order valence-electron chi connectivity index (χ0n) is 7.80. The van der Waals surface area contributed by atoms with Crippen LogP contribution in [-0.4, -0.2) is 12.4 Å². The van der Waals surface area contributed by atoms with Crippen LogP contribution in [0.2, 0.25) is 0 Å². The second kappa shape index (κ2) is 3.81. The molecule has 15 heavy (non-hydrogen) atoms. The second-order valence-electron chi connectivity index (χ2n) is 3.14. The molecule has 0 aromatic heterocycles. The predicted octanol–water partition coefficient (Wildman–Crippen LogP) is 2.45. The lowest BCUT2D eigenvalue weighted by Gasteiger charge is -2.04. The van der Waals surface area contributed by atoms with Crippen LogP contribution in [0.3, 0.4) is 0 Å². The monoisotopic (exact) mass is 210 g/mol. The van der Waals surface area contributed by atoms with Gasteiger partial charge in [0.15, 0.2) is 17.4 Å². The van der Waals surface area contributed by atoms with Crippen LogP contribution in [0.1, 0.15) is 16.8 Å². The van der Waals surface area contributed by atoms with Gasteiger partial charge in [0, 0.05) is 6.42 Å². The van der Waals surface area contributed by atoms with Crippen molar-refractivity contribution in [3.8, 4) is 0 Å². The van der Waals surface area contributed by atoms with E-state index >= 15 is 0 Å². The molecule has 1 aromatic rings. The molecule has 0 amide bonds. The Morgan fingerprint density at radius 3 is 2.80 bits per heavy atom. The van der Waals surface area contributed by atoms with Crippen LogP contribution in [0.5, 0.6) is 0 Å². The Hall–Kier alpha value is -1.71. The summed E-state index contributed by atoms with van der Waals surface area (Å²) < 4.78 is 31.1. The van der Waals surface area contributed by atoms with Crippen LogP contribution < -0.4 is 0 Å². The number of hydrogen-bond donors (Lipinski definition) is 0. The minimum atomic E-state index is -1.13. The lowest BCUT2D eigenvalue weighted by atomic mass is 10.1. The van der Waals surface area contributed by atoms with Gasteiger partial charge in [-0.1, -0.05) is 6.07 Å². The van der Waals surface area contributed by atoms with Crippen molar-refractivity contribution in [2.24, 2.45) is 0 Å². The fraction of sp³-hybridized carbons (Fsp3) is 0.182. The summed E-state index contributed by atoms with van der Waals surface area (Å²) >= 11 is 0. The lowest BCUT2D eigenvalue weighted by molar-refractivity contribution is 0.0937. The summed E-state index contributed by atoms with van der Waals surface area (Å²) in [7, 11) is 0. The van der Waals surface area contributed by atoms with E-state index in [1.165, 1.54) is 12.1 Å². The third-order valence-electron chi connectivity index (χ3n) is 2.13. The molecule has 1 aromatic carbocycles. The summed E-state index contributed by atoms with van der Waals surface area (Å²) in [6.07, 6.45) is 2.20. The Bertz CT molecular complexity index is 438. The molecule has 0 saturated heterocycles. The van der Waals surface area contributed by atoms with E-state index in [9.17, 15) is 13.6 Å². The molecule has 1 heterocycles. The third kappa shape index (κ3) is 1.75. The van der Waals surface area contributed by atoms with Crippen LogP contribution in [0.4, 0.5) is 8.78 Å². The van der Waals surface area contributed by atoms with Gasteiger partial charge in [-0.2, -0.15) is 0 Å². The first-order chi connectivity index (χ1) is 7.20. The number of allylic oxidation sites excluding steroid dienone is 1. The normalized spacial score (nSPS) is 14.7. The molecule has 78 valence electrons. The standard InChI is InChI=1S/C11H8F2O2/c12-8-4-1-3-7(10(8)13)11(14)9-5-2-6-15-9/h1,3-5H,2,6H2. The molecule has 1 aliphatic rings. The molecule has 4 heteroatoms. The molecular formula is C11H8F2O2. The Kier molecular flexibility index (Phi) is 2.49. The maximum absolute atomic E-state index is 13.2. The van der Waals surface area contributed by atoms with E-state index in [1.807, 2.05) is 0 Å². The minimum Gasteiger partial charge on any atom is -0.489 e. The van der Waals surface area contributed by atoms with Crippen molar-refractivity contribution in [1.29, 1.82) is 0 Å². The molecule has 2 nitrogen and oxygen atoms in total. The number of benzene rings is 1. The van der Waals surface area contributed by atoms with Gasteiger partial charge >= 0.3 is 0 Å². The van der Waals surface area contributed by atoms with E-state index in [2.05, 4.69) is 0 Å². The van der Waals surface area contributed by atoms with Crippen LogP contribution in [0, 0.1) is 11.6 Å². The van der Waals surface area contributed by atoms with Gasteiger partial charge in [0.2, 0.25) is 5.78 Å². The minimum absolute atomic E-state index is 0.0968. The molecule has 0 saturated carbocycles. The van der Waals surface area contributed by atoms with Gasteiger partial charge in [0.05, 0.1) is 12.2 Å². The summed E-state index contributed by atoms with van der Waals surface area (Å²) in [4.78, 5) is 11.6. The maximum Gasteiger partial charge on any atom is 0.230 e. The van der Waals surface area contributed by atoms with Crippen molar-refractivity contribution in [1.82, 2.24) is 0 Å². The van der Waals surface area contributed by atoms with Gasteiger partial charge in [0.25, 0.3) is 0 Å². The first-order valence-corrected chi connectivity index (χ1v) is 4.52. The van der Waals surface area contributed by atoms with Crippen molar-refractivity contribution in [3.05, 3.63) is 47.2 Å². The highest BCUT2D eigenvalue weighted by atomic mass is 19.2. The first-order valence-electron chi connectivity index (χ1n) is 4.52. The lowest BCUT2D eigenvalue weighted by Crippen LogP contribution is -2.07. The van der Waals surface area contributed by atoms with E-state index in [0.717, 1.165) is 6.07 Å². The fourth-order valence-corrected chi connectivity index (χ4v) is 1.39. The molecule has 0 aliphatic carbocycles. The van der Waals surface area contributed by atoms with Crippen LogP contribution in [0.25, 0.3) is 0 Å². The number of carbonyl (C=O) groups is 1. The number of hydrogen-bond acceptors (Lipinski definition) is 2. The SMILES string of the molecule is O=C(C1=CCCO1)c1cccc(F)c1F. The van der Waals surface area contributed by atoms with Gasteiger partial charge in [-0.05, 0) is 18.2 Å². The summed E-state index contributed by atoms with van der Waals surface area (Å²) in [6, 6.07) is 3.50. The highest BCUT2D eigenvalue weighted by molar-refractivity contribution is 6.07. The molecule has 0 radical (unpaired) electrons. The molecule has 0 unspecified atom stereocenters. The summed E-state index contributed by atoms with van der Waals surface area (Å²) in [5.41, 5.74) is -0.289. The summed E-state index contributed by atoms with van der Waals surface area (Å²) in [6.45, 7) is 0.415. The third-order valence-corrected chi connectivity index (χ3v) is 2.13. The molecular weight excluding hydrogens is 202 g/mol. The van der Waals surface area contributed by atoms with Crippen LogP contribution in [0.15, 0.2) is 30.0 Å². The van der Waals surface area contributed by atoms with Gasteiger partial charge < -0.3 is 4.74 Å². The molecule has 0 atom stereocenters. The van der Waals surface area contributed by atoms with E-state index in [4.69, 9.17) is 4.74 Å². The second-order valence-corrected chi connectivity index (χ2v) is 3.14. The summed E-state index contributed by atoms with van der Waals surface area (Å²) in [5.74, 6) is -2.66. The molecule has 2 rings (SSSR count). The van der Waals surface area contributed by atoms with Gasteiger partial charge in [0.1, 0.15) is 0 Å². The average molecular weight is 210 g/mol. The highest BCUT2D eigenvalue weighted by Crippen LogP contribution is 2.19. The Labute approximate surface area is 85.2 Å². The largest absolute Gasteiger partial charge is 0.489 e. The Morgan fingerprint density at radius 1 is 1.33 bits per heavy atom. The maximum atomic E-state index is 13.2. The van der Waals surface area contributed by atoms with Crippen molar-refractivity contribution in [2.45, 2.75) is 6.42 Å². The Morgan fingerprint density at radius 2 is 2.13 bits per heavy atom. The van der Waals surface area contributed by atoms with Crippen LogP contribution in [-0.2, 0) is 4.74 Å². The number of Topliss-reactive ketones (excluding diaryl/α,β-unsaturated/α-hetero) is 1. The van der Waals surface area contributed by atoms with E-state index in [-0.39, 0.29) is 11.3 Å². The van der Waals surface area contributed by atoms with Gasteiger partial charge in [-0.25, -0.2) is 8.78 Å². The quantitative estimate of drug-likeness (QED) is 0.701. The zero-order chi connectivity index (χ0) is 10.8. The van der Waals surface area contributed by atoms with Gasteiger partial charge in [-0.3, -0.25) is 4.79 Å².